The summed E-state index contributed by atoms with van der Waals surface area (Å²) in [4.78, 5) is 22.9. The minimum atomic E-state index is -0.443. The van der Waals surface area contributed by atoms with Crippen LogP contribution in [0, 0.1) is 24.0 Å². The monoisotopic (exact) mass is 316 g/mol. The molecule has 0 aliphatic rings. The largest absolute Gasteiger partial charge is 0.320 e. The Hall–Kier alpha value is -2.70. The van der Waals surface area contributed by atoms with Crippen molar-refractivity contribution in [1.29, 1.82) is 0 Å². The van der Waals surface area contributed by atoms with Crippen LogP contribution in [0.4, 0.5) is 11.4 Å². The summed E-state index contributed by atoms with van der Waals surface area (Å²) in [6.07, 6.45) is 0. The van der Waals surface area contributed by atoms with Crippen LogP contribution in [0.3, 0.4) is 0 Å². The summed E-state index contributed by atoms with van der Waals surface area (Å²) in [7, 11) is 1.72. The third-order valence-electron chi connectivity index (χ3n) is 3.69. The van der Waals surface area contributed by atoms with Gasteiger partial charge in [0.15, 0.2) is 0 Å². The second-order valence-electron chi connectivity index (χ2n) is 5.90. The van der Waals surface area contributed by atoms with Crippen molar-refractivity contribution in [3.05, 3.63) is 50.8 Å². The highest BCUT2D eigenvalue weighted by molar-refractivity contribution is 6.04. The molecule has 1 amide bonds. The molecule has 1 N–H and O–H groups in total. The summed E-state index contributed by atoms with van der Waals surface area (Å²) in [6.45, 7) is 7.49. The molecule has 0 saturated carbocycles. The minimum Gasteiger partial charge on any atom is -0.320 e. The first-order valence-electron chi connectivity index (χ1n) is 7.31. The fourth-order valence-electron chi connectivity index (χ4n) is 2.40. The fourth-order valence-corrected chi connectivity index (χ4v) is 2.40. The van der Waals surface area contributed by atoms with E-state index in [1.165, 1.54) is 12.1 Å². The predicted octanol–water partition coefficient (Wildman–Crippen LogP) is 3.32. The Morgan fingerprint density at radius 2 is 1.83 bits per heavy atom. The Balaban J connectivity index is 2.32. The van der Waals surface area contributed by atoms with Gasteiger partial charge in [0.1, 0.15) is 5.69 Å². The summed E-state index contributed by atoms with van der Waals surface area (Å²) in [5.74, 6) is -0.0578. The molecule has 1 heterocycles. The third-order valence-corrected chi connectivity index (χ3v) is 3.69. The number of benzene rings is 1. The Morgan fingerprint density at radius 1 is 1.26 bits per heavy atom. The number of non-ortho nitro benzene ring substituents is 1. The van der Waals surface area contributed by atoms with E-state index in [9.17, 15) is 14.9 Å². The SMILES string of the molecule is Cc1cc([N+](=O)[O-])cc(C)c1NC(=O)c1cc(C(C)C)nn1C. The van der Waals surface area contributed by atoms with Crippen molar-refractivity contribution >= 4 is 17.3 Å². The summed E-state index contributed by atoms with van der Waals surface area (Å²) < 4.78 is 1.54. The average molecular weight is 316 g/mol. The van der Waals surface area contributed by atoms with Crippen molar-refractivity contribution in [3.8, 4) is 0 Å². The number of carbonyl (C=O) groups excluding carboxylic acids is 1. The van der Waals surface area contributed by atoms with Gasteiger partial charge in [-0.2, -0.15) is 5.10 Å². The van der Waals surface area contributed by atoms with Crippen LogP contribution < -0.4 is 5.32 Å². The number of nitro benzene ring substituents is 1. The molecule has 0 aliphatic carbocycles. The van der Waals surface area contributed by atoms with Crippen molar-refractivity contribution in [2.75, 3.05) is 5.32 Å². The van der Waals surface area contributed by atoms with Crippen LogP contribution >= 0.6 is 0 Å². The molecule has 0 aliphatic heterocycles. The zero-order valence-electron chi connectivity index (χ0n) is 13.9. The van der Waals surface area contributed by atoms with Crippen LogP contribution in [0.25, 0.3) is 0 Å². The number of hydrogen-bond donors (Lipinski definition) is 1. The molecule has 0 spiro atoms. The van der Waals surface area contributed by atoms with E-state index in [2.05, 4.69) is 10.4 Å². The Labute approximate surface area is 134 Å². The molecule has 1 aromatic heterocycles. The fraction of sp³-hybridized carbons (Fsp3) is 0.375. The minimum absolute atomic E-state index is 0.0145. The summed E-state index contributed by atoms with van der Waals surface area (Å²) in [5.41, 5.74) is 3.20. The molecule has 7 nitrogen and oxygen atoms in total. The van der Waals surface area contributed by atoms with E-state index >= 15 is 0 Å². The maximum atomic E-state index is 12.5. The molecule has 0 atom stereocenters. The standard InChI is InChI=1S/C16H20N4O3/c1-9(2)13-8-14(19(5)18-13)16(21)17-15-10(3)6-12(20(22)23)7-11(15)4/h6-9H,1-5H3,(H,17,21). The van der Waals surface area contributed by atoms with Crippen molar-refractivity contribution in [2.24, 2.45) is 7.05 Å². The van der Waals surface area contributed by atoms with Crippen molar-refractivity contribution in [3.63, 3.8) is 0 Å². The summed E-state index contributed by atoms with van der Waals surface area (Å²) in [5, 5.41) is 18.0. The van der Waals surface area contributed by atoms with Crippen LogP contribution in [0.15, 0.2) is 18.2 Å². The van der Waals surface area contributed by atoms with Gasteiger partial charge in [-0.05, 0) is 37.0 Å². The number of nitro groups is 1. The highest BCUT2D eigenvalue weighted by Crippen LogP contribution is 2.26. The smallest absolute Gasteiger partial charge is 0.273 e. The second kappa shape index (κ2) is 6.20. The quantitative estimate of drug-likeness (QED) is 0.692. The van der Waals surface area contributed by atoms with E-state index in [-0.39, 0.29) is 17.5 Å². The molecular weight excluding hydrogens is 296 g/mol. The number of amides is 1. The lowest BCUT2D eigenvalue weighted by Crippen LogP contribution is -2.17. The van der Waals surface area contributed by atoms with Gasteiger partial charge < -0.3 is 5.32 Å². The Kier molecular flexibility index (Phi) is 4.49. The van der Waals surface area contributed by atoms with Crippen molar-refractivity contribution in [2.45, 2.75) is 33.6 Å². The number of aromatic nitrogens is 2. The molecule has 23 heavy (non-hydrogen) atoms. The van der Waals surface area contributed by atoms with Gasteiger partial charge in [-0.15, -0.1) is 0 Å². The first kappa shape index (κ1) is 16.7. The first-order chi connectivity index (χ1) is 10.7. The zero-order valence-corrected chi connectivity index (χ0v) is 13.9. The van der Waals surface area contributed by atoms with Gasteiger partial charge in [0.05, 0.1) is 10.6 Å². The van der Waals surface area contributed by atoms with E-state index in [4.69, 9.17) is 0 Å². The number of aryl methyl sites for hydroxylation is 3. The molecule has 7 heteroatoms. The van der Waals surface area contributed by atoms with Crippen LogP contribution in [-0.2, 0) is 7.05 Å². The lowest BCUT2D eigenvalue weighted by Gasteiger charge is -2.11. The number of carbonyl (C=O) groups is 1. The Morgan fingerprint density at radius 3 is 2.26 bits per heavy atom. The van der Waals surface area contributed by atoms with E-state index in [1.54, 1.807) is 31.6 Å². The first-order valence-corrected chi connectivity index (χ1v) is 7.31. The van der Waals surface area contributed by atoms with Crippen LogP contribution in [0.1, 0.15) is 47.1 Å². The number of nitrogens with zero attached hydrogens (tertiary/aromatic N) is 3. The maximum Gasteiger partial charge on any atom is 0.273 e. The van der Waals surface area contributed by atoms with Gasteiger partial charge in [-0.1, -0.05) is 13.8 Å². The number of hydrogen-bond acceptors (Lipinski definition) is 4. The second-order valence-corrected chi connectivity index (χ2v) is 5.90. The van der Waals surface area contributed by atoms with Gasteiger partial charge in [0.2, 0.25) is 0 Å². The van der Waals surface area contributed by atoms with E-state index in [1.807, 2.05) is 13.8 Å². The van der Waals surface area contributed by atoms with Crippen molar-refractivity contribution in [1.82, 2.24) is 9.78 Å². The molecular formula is C16H20N4O3. The molecule has 0 fully saturated rings. The molecule has 2 rings (SSSR count). The number of rotatable bonds is 4. The topological polar surface area (TPSA) is 90.1 Å². The highest BCUT2D eigenvalue weighted by Gasteiger charge is 2.18. The van der Waals surface area contributed by atoms with Gasteiger partial charge in [0, 0.05) is 24.9 Å². The molecule has 2 aromatic rings. The lowest BCUT2D eigenvalue weighted by molar-refractivity contribution is -0.384. The predicted molar refractivity (Wildman–Crippen MR) is 87.8 cm³/mol. The van der Waals surface area contributed by atoms with Gasteiger partial charge in [-0.3, -0.25) is 19.6 Å². The van der Waals surface area contributed by atoms with E-state index < -0.39 is 4.92 Å². The average Bonchev–Trinajstić information content (AvgIpc) is 2.84. The molecule has 122 valence electrons. The van der Waals surface area contributed by atoms with Gasteiger partial charge >= 0.3 is 0 Å². The highest BCUT2D eigenvalue weighted by atomic mass is 16.6. The molecule has 0 bridgehead atoms. The third kappa shape index (κ3) is 3.39. The van der Waals surface area contributed by atoms with Crippen LogP contribution in [-0.4, -0.2) is 20.6 Å². The number of nitrogens with one attached hydrogen (secondary N) is 1. The molecule has 0 unspecified atom stereocenters. The Bertz CT molecular complexity index is 755. The lowest BCUT2D eigenvalue weighted by atomic mass is 10.1. The van der Waals surface area contributed by atoms with E-state index in [0.717, 1.165) is 5.69 Å². The van der Waals surface area contributed by atoms with Gasteiger partial charge in [0.25, 0.3) is 11.6 Å². The number of anilines is 1. The van der Waals surface area contributed by atoms with Crippen molar-refractivity contribution < 1.29 is 9.72 Å². The van der Waals surface area contributed by atoms with Gasteiger partial charge in [-0.25, -0.2) is 0 Å². The van der Waals surface area contributed by atoms with E-state index in [0.29, 0.717) is 22.5 Å². The normalized spacial score (nSPS) is 10.9. The summed E-state index contributed by atoms with van der Waals surface area (Å²) in [6, 6.07) is 4.66. The summed E-state index contributed by atoms with van der Waals surface area (Å²) >= 11 is 0. The van der Waals surface area contributed by atoms with Crippen LogP contribution in [0.5, 0.6) is 0 Å². The molecule has 0 radical (unpaired) electrons. The molecule has 0 saturated heterocycles. The van der Waals surface area contributed by atoms with Crippen LogP contribution in [0.2, 0.25) is 0 Å². The zero-order chi connectivity index (χ0) is 17.3. The molecule has 1 aromatic carbocycles. The maximum absolute atomic E-state index is 12.5.